The molecule has 2 atom stereocenters. The molecule has 1 aromatic carbocycles. The third-order valence-electron chi connectivity index (χ3n) is 6.08. The van der Waals surface area contributed by atoms with Crippen LogP contribution in [0.3, 0.4) is 0 Å². The van der Waals surface area contributed by atoms with E-state index in [0.29, 0.717) is 23.5 Å². The zero-order valence-electron chi connectivity index (χ0n) is 18.6. The van der Waals surface area contributed by atoms with Gasteiger partial charge in [-0.05, 0) is 48.2 Å². The molecule has 0 spiro atoms. The van der Waals surface area contributed by atoms with E-state index in [2.05, 4.69) is 10.4 Å². The molecule has 34 heavy (non-hydrogen) atoms. The van der Waals surface area contributed by atoms with E-state index in [1.54, 1.807) is 56.7 Å². The molecule has 2 aliphatic rings. The zero-order valence-corrected chi connectivity index (χ0v) is 19.4. The third kappa shape index (κ3) is 3.65. The Balaban J connectivity index is 1.39. The van der Waals surface area contributed by atoms with Crippen LogP contribution in [0.1, 0.15) is 35.6 Å². The number of hydrogen-bond acceptors (Lipinski definition) is 7. The van der Waals surface area contributed by atoms with E-state index in [-0.39, 0.29) is 0 Å². The highest BCUT2D eigenvalue weighted by atomic mass is 32.1. The highest BCUT2D eigenvalue weighted by Crippen LogP contribution is 2.35. The van der Waals surface area contributed by atoms with E-state index in [0.717, 1.165) is 15.5 Å². The third-order valence-corrected chi connectivity index (χ3v) is 7.00. The summed E-state index contributed by atoms with van der Waals surface area (Å²) in [5.41, 5.74) is 0.0553. The molecule has 174 valence electrons. The van der Waals surface area contributed by atoms with Crippen molar-refractivity contribution in [1.82, 2.24) is 15.2 Å². The Morgan fingerprint density at radius 3 is 2.68 bits per heavy atom. The van der Waals surface area contributed by atoms with E-state index in [9.17, 15) is 14.4 Å². The Morgan fingerprint density at radius 2 is 2.03 bits per heavy atom. The van der Waals surface area contributed by atoms with Crippen LogP contribution in [0.15, 0.2) is 69.7 Å². The molecule has 5 rings (SSSR count). The van der Waals surface area contributed by atoms with Gasteiger partial charge >= 0.3 is 6.03 Å². The van der Waals surface area contributed by atoms with Crippen molar-refractivity contribution in [2.75, 3.05) is 13.7 Å². The molecular formula is C24H22N4O5S. The molecule has 0 bridgehead atoms. The maximum atomic E-state index is 13.3. The van der Waals surface area contributed by atoms with Crippen LogP contribution in [0.4, 0.5) is 4.79 Å². The number of furan rings is 1. The van der Waals surface area contributed by atoms with Crippen LogP contribution in [0.2, 0.25) is 0 Å². The van der Waals surface area contributed by atoms with Gasteiger partial charge in [0, 0.05) is 6.42 Å². The van der Waals surface area contributed by atoms with E-state index >= 15 is 0 Å². The number of ether oxygens (including phenoxy) is 1. The summed E-state index contributed by atoms with van der Waals surface area (Å²) in [6.07, 6.45) is 2.02. The first kappa shape index (κ1) is 21.9. The number of carbonyl (C=O) groups is 3. The fourth-order valence-corrected chi connectivity index (χ4v) is 4.92. The fraction of sp³-hybridized carbons (Fsp3) is 0.250. The lowest BCUT2D eigenvalue weighted by atomic mass is 9.92. The molecule has 3 aromatic rings. The molecule has 1 N–H and O–H groups in total. The monoisotopic (exact) mass is 478 g/mol. The van der Waals surface area contributed by atoms with Crippen LogP contribution >= 0.6 is 11.3 Å². The van der Waals surface area contributed by atoms with Gasteiger partial charge in [-0.2, -0.15) is 5.10 Å². The summed E-state index contributed by atoms with van der Waals surface area (Å²) in [6.45, 7) is 1.18. The lowest BCUT2D eigenvalue weighted by Gasteiger charge is -2.24. The van der Waals surface area contributed by atoms with Gasteiger partial charge in [-0.3, -0.25) is 14.5 Å². The van der Waals surface area contributed by atoms with E-state index in [1.807, 2.05) is 17.5 Å². The molecule has 0 aliphatic carbocycles. The molecule has 0 radical (unpaired) electrons. The van der Waals surface area contributed by atoms with Crippen molar-refractivity contribution in [2.45, 2.75) is 24.9 Å². The molecule has 9 nitrogen and oxygen atoms in total. The number of rotatable bonds is 6. The summed E-state index contributed by atoms with van der Waals surface area (Å²) in [4.78, 5) is 41.3. The first-order chi connectivity index (χ1) is 16.4. The van der Waals surface area contributed by atoms with Crippen molar-refractivity contribution in [3.05, 3.63) is 76.4 Å². The van der Waals surface area contributed by atoms with Gasteiger partial charge in [-0.1, -0.05) is 18.2 Å². The van der Waals surface area contributed by atoms with Gasteiger partial charge in [0.05, 0.1) is 24.0 Å². The van der Waals surface area contributed by atoms with Crippen LogP contribution in [0.5, 0.6) is 5.75 Å². The summed E-state index contributed by atoms with van der Waals surface area (Å²) in [7, 11) is 1.55. The standard InChI is InChI=1S/C24H22N4O5S/c1-24(15-7-9-16(32-2)10-8-15)22(30)27(23(31)25-24)14-21(29)28-18(19-5-3-11-33-19)13-17(26-28)20-6-4-12-34-20/h3-12,18H,13-14H2,1-2H3,(H,25,31). The Morgan fingerprint density at radius 1 is 1.24 bits per heavy atom. The highest BCUT2D eigenvalue weighted by molar-refractivity contribution is 7.12. The minimum atomic E-state index is -1.29. The first-order valence-electron chi connectivity index (χ1n) is 10.7. The topological polar surface area (TPSA) is 104 Å². The Bertz CT molecular complexity index is 1250. The second-order valence-corrected chi connectivity index (χ2v) is 9.12. The quantitative estimate of drug-likeness (QED) is 0.546. The molecule has 2 aromatic heterocycles. The molecule has 1 saturated heterocycles. The van der Waals surface area contributed by atoms with Crippen molar-refractivity contribution < 1.29 is 23.5 Å². The fourth-order valence-electron chi connectivity index (χ4n) is 4.20. The summed E-state index contributed by atoms with van der Waals surface area (Å²) < 4.78 is 10.7. The van der Waals surface area contributed by atoms with Crippen molar-refractivity contribution in [3.63, 3.8) is 0 Å². The van der Waals surface area contributed by atoms with E-state index < -0.39 is 36.0 Å². The molecule has 2 unspecified atom stereocenters. The number of urea groups is 1. The Labute approximate surface area is 199 Å². The summed E-state index contributed by atoms with van der Waals surface area (Å²) in [5, 5.41) is 10.5. The Hall–Kier alpha value is -3.92. The van der Waals surface area contributed by atoms with Crippen LogP contribution in [-0.2, 0) is 15.1 Å². The SMILES string of the molecule is COc1ccc(C2(C)NC(=O)N(CC(=O)N3N=C(c4cccs4)CC3c3ccco3)C2=O)cc1. The lowest BCUT2D eigenvalue weighted by molar-refractivity contribution is -0.140. The lowest BCUT2D eigenvalue weighted by Crippen LogP contribution is -2.43. The molecule has 4 heterocycles. The molecule has 2 aliphatic heterocycles. The van der Waals surface area contributed by atoms with Crippen LogP contribution in [0, 0.1) is 0 Å². The minimum absolute atomic E-state index is 0.436. The number of hydrazone groups is 1. The van der Waals surface area contributed by atoms with Gasteiger partial charge in [0.15, 0.2) is 0 Å². The van der Waals surface area contributed by atoms with Crippen LogP contribution < -0.4 is 10.1 Å². The number of nitrogens with one attached hydrogen (secondary N) is 1. The van der Waals surface area contributed by atoms with Gasteiger partial charge in [0.2, 0.25) is 0 Å². The van der Waals surface area contributed by atoms with Gasteiger partial charge in [0.1, 0.15) is 29.6 Å². The Kier molecular flexibility index (Phi) is 5.45. The second-order valence-electron chi connectivity index (χ2n) is 8.17. The second kappa shape index (κ2) is 8.45. The largest absolute Gasteiger partial charge is 0.497 e. The number of thiophene rings is 1. The van der Waals surface area contributed by atoms with Crippen molar-refractivity contribution in [1.29, 1.82) is 0 Å². The maximum absolute atomic E-state index is 13.3. The number of carbonyl (C=O) groups excluding carboxylic acids is 3. The molecule has 0 saturated carbocycles. The number of methoxy groups -OCH3 is 1. The van der Waals surface area contributed by atoms with Gasteiger partial charge in [-0.25, -0.2) is 9.80 Å². The van der Waals surface area contributed by atoms with E-state index in [4.69, 9.17) is 9.15 Å². The zero-order chi connectivity index (χ0) is 23.9. The first-order valence-corrected chi connectivity index (χ1v) is 11.5. The van der Waals surface area contributed by atoms with Gasteiger partial charge < -0.3 is 14.5 Å². The molecular weight excluding hydrogens is 456 g/mol. The summed E-state index contributed by atoms with van der Waals surface area (Å²) in [6, 6.07) is 13.2. The van der Waals surface area contributed by atoms with Crippen molar-refractivity contribution in [3.8, 4) is 5.75 Å². The molecule has 10 heteroatoms. The average molecular weight is 479 g/mol. The van der Waals surface area contributed by atoms with Gasteiger partial charge in [0.25, 0.3) is 11.8 Å². The van der Waals surface area contributed by atoms with E-state index in [1.165, 1.54) is 16.3 Å². The van der Waals surface area contributed by atoms with Crippen molar-refractivity contribution in [2.24, 2.45) is 5.10 Å². The van der Waals surface area contributed by atoms with Crippen LogP contribution in [-0.4, -0.2) is 47.1 Å². The number of amides is 4. The smallest absolute Gasteiger partial charge is 0.325 e. The summed E-state index contributed by atoms with van der Waals surface area (Å²) in [5.74, 6) is 0.236. The highest BCUT2D eigenvalue weighted by Gasteiger charge is 2.50. The van der Waals surface area contributed by atoms with Gasteiger partial charge in [-0.15, -0.1) is 11.3 Å². The van der Waals surface area contributed by atoms with Crippen molar-refractivity contribution >= 4 is 34.9 Å². The predicted octanol–water partition coefficient (Wildman–Crippen LogP) is 3.49. The number of imide groups is 1. The minimum Gasteiger partial charge on any atom is -0.497 e. The normalized spacial score (nSPS) is 22.2. The molecule has 1 fully saturated rings. The molecule has 4 amide bonds. The predicted molar refractivity (Wildman–Crippen MR) is 124 cm³/mol. The summed E-state index contributed by atoms with van der Waals surface area (Å²) >= 11 is 1.53. The number of hydrogen-bond donors (Lipinski definition) is 1. The number of benzene rings is 1. The van der Waals surface area contributed by atoms with Crippen LogP contribution in [0.25, 0.3) is 0 Å². The maximum Gasteiger partial charge on any atom is 0.325 e. The average Bonchev–Trinajstić information content (AvgIpc) is 3.64. The number of nitrogens with zero attached hydrogens (tertiary/aromatic N) is 3.